The van der Waals surface area contributed by atoms with Crippen molar-refractivity contribution >= 4 is 23.1 Å². The number of hydrogen-bond acceptors (Lipinski definition) is 2. The molecule has 0 heterocycles. The van der Waals surface area contributed by atoms with Crippen molar-refractivity contribution in [3.8, 4) is 0 Å². The molecule has 0 aliphatic carbocycles. The predicted molar refractivity (Wildman–Crippen MR) is 11.8 cm³/mol. The fraction of sp³-hybridized carbons (Fsp3) is 0. The van der Waals surface area contributed by atoms with Gasteiger partial charge in [0, 0.05) is 0 Å². The van der Waals surface area contributed by atoms with Gasteiger partial charge in [0.25, 0.3) is 0 Å². The van der Waals surface area contributed by atoms with Crippen LogP contribution in [0.1, 0.15) is 2.85 Å². The van der Waals surface area contributed by atoms with E-state index in [4.69, 9.17) is 0 Å². The number of rotatable bonds is 0. The van der Waals surface area contributed by atoms with Gasteiger partial charge in [-0.05, 0) is 0 Å². The molecule has 27 valence electrons. The smallest absolute Gasteiger partial charge is 1.00 e. The molecule has 0 saturated heterocycles. The molecule has 4 heavy (non-hydrogen) atoms. The van der Waals surface area contributed by atoms with Crippen molar-refractivity contribution in [1.29, 1.82) is 0 Å². The first-order valence-corrected chi connectivity index (χ1v) is 0. The second-order valence-electron chi connectivity index (χ2n) is 0. The zero-order valence-electron chi connectivity index (χ0n) is 3.93. The minimum Gasteiger partial charge on any atom is -1.00 e. The fourth-order valence-electron chi connectivity index (χ4n) is 0. The van der Waals surface area contributed by atoms with Gasteiger partial charge in [0.15, 0.2) is 0 Å². The van der Waals surface area contributed by atoms with Gasteiger partial charge in [-0.15, -0.1) is 0 Å². The third-order valence-electron chi connectivity index (χ3n) is 0. The van der Waals surface area contributed by atoms with E-state index >= 15 is 0 Å². The van der Waals surface area contributed by atoms with Crippen molar-refractivity contribution in [3.05, 3.63) is 0 Å². The van der Waals surface area contributed by atoms with Gasteiger partial charge in [-0.1, -0.05) is 0 Å². The SMILES string of the molecule is [Co+2].[H-].[H-].[Mg+2].[OH-].[OH-]. The van der Waals surface area contributed by atoms with Gasteiger partial charge in [-0.25, -0.2) is 0 Å². The molecule has 2 nitrogen and oxygen atoms in total. The maximum absolute atomic E-state index is 0. The van der Waals surface area contributed by atoms with Gasteiger partial charge in [0.1, 0.15) is 0 Å². The van der Waals surface area contributed by atoms with Crippen LogP contribution in [0.2, 0.25) is 0 Å². The topological polar surface area (TPSA) is 60.0 Å². The molecule has 2 N–H and O–H groups in total. The van der Waals surface area contributed by atoms with Crippen molar-refractivity contribution in [3.63, 3.8) is 0 Å². The van der Waals surface area contributed by atoms with E-state index in [1.54, 1.807) is 0 Å². The molecule has 0 bridgehead atoms. The normalized spacial score (nSPS) is 0. The van der Waals surface area contributed by atoms with Gasteiger partial charge in [0.2, 0.25) is 0 Å². The molecule has 0 aromatic rings. The van der Waals surface area contributed by atoms with Crippen molar-refractivity contribution in [2.24, 2.45) is 0 Å². The van der Waals surface area contributed by atoms with Crippen molar-refractivity contribution < 1.29 is 30.6 Å². The first kappa shape index (κ1) is 64.2. The molecular weight excluding hydrogens is 115 g/mol. The van der Waals surface area contributed by atoms with Crippen LogP contribution in [0.5, 0.6) is 0 Å². The van der Waals surface area contributed by atoms with Crippen LogP contribution >= 0.6 is 0 Å². The second-order valence-corrected chi connectivity index (χ2v) is 0. The van der Waals surface area contributed by atoms with Gasteiger partial charge >= 0.3 is 39.8 Å². The van der Waals surface area contributed by atoms with Gasteiger partial charge in [0.05, 0.1) is 0 Å². The van der Waals surface area contributed by atoms with Crippen LogP contribution in [-0.2, 0) is 16.8 Å². The summed E-state index contributed by atoms with van der Waals surface area (Å²) in [6.07, 6.45) is 0. The summed E-state index contributed by atoms with van der Waals surface area (Å²) in [5.41, 5.74) is 0. The Morgan fingerprint density at radius 2 is 1.00 bits per heavy atom. The van der Waals surface area contributed by atoms with Crippen molar-refractivity contribution in [1.82, 2.24) is 0 Å². The average Bonchev–Trinajstić information content (AvgIpc) is 0. The summed E-state index contributed by atoms with van der Waals surface area (Å²) >= 11 is 0. The molecule has 0 aromatic heterocycles. The van der Waals surface area contributed by atoms with Crippen molar-refractivity contribution in [2.75, 3.05) is 0 Å². The molecule has 0 aliphatic heterocycles. The summed E-state index contributed by atoms with van der Waals surface area (Å²) in [6.45, 7) is 0. The Bertz CT molecular complexity index is 11.5. The summed E-state index contributed by atoms with van der Waals surface area (Å²) in [7, 11) is 0. The van der Waals surface area contributed by atoms with E-state index in [1.165, 1.54) is 0 Å². The Kier molecular flexibility index (Phi) is 482. The summed E-state index contributed by atoms with van der Waals surface area (Å²) < 4.78 is 0. The van der Waals surface area contributed by atoms with Crippen LogP contribution in [0, 0.1) is 0 Å². The van der Waals surface area contributed by atoms with E-state index in [1.807, 2.05) is 0 Å². The van der Waals surface area contributed by atoms with Crippen LogP contribution in [-0.4, -0.2) is 34.0 Å². The first-order valence-electron chi connectivity index (χ1n) is 0. The van der Waals surface area contributed by atoms with Crippen LogP contribution in [0.15, 0.2) is 0 Å². The molecule has 1 radical (unpaired) electrons. The maximum Gasteiger partial charge on any atom is 2.00 e. The zero-order valence-corrected chi connectivity index (χ0v) is 4.39. The van der Waals surface area contributed by atoms with E-state index in [0.29, 0.717) is 0 Å². The standard InChI is InChI=1S/Co.Mg.2H2O.2H/h;;2*1H2;;/q2*+2;;;2*-1/p-2. The molecule has 0 rings (SSSR count). The molecule has 0 spiro atoms. The fourth-order valence-corrected chi connectivity index (χ4v) is 0. The monoisotopic (exact) mass is 119 g/mol. The molecule has 0 aromatic carbocycles. The quantitative estimate of drug-likeness (QED) is 0.403. The minimum atomic E-state index is 0. The molecule has 0 atom stereocenters. The van der Waals surface area contributed by atoms with Gasteiger partial charge in [-0.2, -0.15) is 0 Å². The minimum absolute atomic E-state index is 0. The molecule has 0 unspecified atom stereocenters. The van der Waals surface area contributed by atoms with Gasteiger partial charge in [-0.3, -0.25) is 0 Å². The summed E-state index contributed by atoms with van der Waals surface area (Å²) in [6, 6.07) is 0. The first-order chi connectivity index (χ1) is 0. The van der Waals surface area contributed by atoms with Crippen LogP contribution in [0.4, 0.5) is 0 Å². The van der Waals surface area contributed by atoms with Gasteiger partial charge < -0.3 is 13.8 Å². The molecule has 0 fully saturated rings. The van der Waals surface area contributed by atoms with E-state index in [2.05, 4.69) is 0 Å². The average molecular weight is 119 g/mol. The van der Waals surface area contributed by atoms with E-state index in [-0.39, 0.29) is 53.6 Å². The Morgan fingerprint density at radius 1 is 1.00 bits per heavy atom. The van der Waals surface area contributed by atoms with Crippen LogP contribution in [0.25, 0.3) is 0 Å². The summed E-state index contributed by atoms with van der Waals surface area (Å²) in [5.74, 6) is 0. The third-order valence-corrected chi connectivity index (χ3v) is 0. The zero-order chi connectivity index (χ0) is 0. The molecule has 0 saturated carbocycles. The van der Waals surface area contributed by atoms with E-state index in [9.17, 15) is 0 Å². The molecular formula is H4CoMgO2. The molecule has 0 amide bonds. The Balaban J connectivity index is 0. The third kappa shape index (κ3) is 10.8. The molecule has 4 heteroatoms. The summed E-state index contributed by atoms with van der Waals surface area (Å²) in [4.78, 5) is 0. The molecule has 0 aliphatic rings. The van der Waals surface area contributed by atoms with Crippen molar-refractivity contribution in [2.45, 2.75) is 0 Å². The van der Waals surface area contributed by atoms with E-state index < -0.39 is 0 Å². The predicted octanol–water partition coefficient (Wildman–Crippen LogP) is -0.512. The Hall–Kier alpha value is 1.19. The Labute approximate surface area is 53.9 Å². The number of hydrogen-bond donors (Lipinski definition) is 0. The largest absolute Gasteiger partial charge is 2.00 e. The maximum atomic E-state index is 0. The second kappa shape index (κ2) is 30.0. The summed E-state index contributed by atoms with van der Waals surface area (Å²) in [5, 5.41) is 0. The Morgan fingerprint density at radius 3 is 1.00 bits per heavy atom. The van der Waals surface area contributed by atoms with Crippen LogP contribution in [0.3, 0.4) is 0 Å². The van der Waals surface area contributed by atoms with Crippen LogP contribution < -0.4 is 0 Å². The van der Waals surface area contributed by atoms with E-state index in [0.717, 1.165) is 0 Å².